The average molecular weight is 449 g/mol. The average Bonchev–Trinajstić information content (AvgIpc) is 2.73. The molecule has 0 unspecified atom stereocenters. The fraction of sp³-hybridized carbons (Fsp3) is 0.640. The Morgan fingerprint density at radius 3 is 2.38 bits per heavy atom. The number of aliphatic hydroxyl groups excluding tert-OH is 1. The van der Waals surface area contributed by atoms with Gasteiger partial charge in [-0.05, 0) is 52.0 Å². The van der Waals surface area contributed by atoms with Gasteiger partial charge in [0.1, 0.15) is 17.4 Å². The van der Waals surface area contributed by atoms with Crippen LogP contribution in [0.5, 0.6) is 0 Å². The molecule has 32 heavy (non-hydrogen) atoms. The second-order valence-electron chi connectivity index (χ2n) is 9.26. The minimum atomic E-state index is -1.24. The van der Waals surface area contributed by atoms with Gasteiger partial charge in [-0.25, -0.2) is 4.79 Å². The van der Waals surface area contributed by atoms with Crippen molar-refractivity contribution in [3.8, 4) is 0 Å². The zero-order chi connectivity index (χ0) is 24.0. The predicted molar refractivity (Wildman–Crippen MR) is 125 cm³/mol. The van der Waals surface area contributed by atoms with E-state index in [0.717, 1.165) is 25.7 Å². The second kappa shape index (κ2) is 13.9. The largest absolute Gasteiger partial charge is 0.444 e. The summed E-state index contributed by atoms with van der Waals surface area (Å²) in [6.07, 6.45) is 4.98. The lowest BCUT2D eigenvalue weighted by atomic mass is 9.81. The van der Waals surface area contributed by atoms with E-state index < -0.39 is 23.2 Å². The fourth-order valence-electron chi connectivity index (χ4n) is 3.66. The molecule has 0 fully saturated rings. The van der Waals surface area contributed by atoms with E-state index >= 15 is 0 Å². The number of hydrogen-bond acceptors (Lipinski definition) is 5. The van der Waals surface area contributed by atoms with Crippen LogP contribution in [-0.4, -0.2) is 47.7 Å². The number of aliphatic hydroxyl groups is 1. The smallest absolute Gasteiger partial charge is 0.407 e. The summed E-state index contributed by atoms with van der Waals surface area (Å²) in [4.78, 5) is 36.7. The molecule has 0 heterocycles. The molecule has 7 heteroatoms. The third kappa shape index (κ3) is 10.3. The number of ether oxygens (including phenoxy) is 1. The highest BCUT2D eigenvalue weighted by atomic mass is 16.6. The summed E-state index contributed by atoms with van der Waals surface area (Å²) >= 11 is 0. The first-order chi connectivity index (χ1) is 15.2. The van der Waals surface area contributed by atoms with Gasteiger partial charge in [-0.2, -0.15) is 0 Å². The highest BCUT2D eigenvalue weighted by molar-refractivity contribution is 5.82. The van der Waals surface area contributed by atoms with E-state index in [2.05, 4.69) is 22.8 Å². The third-order valence-corrected chi connectivity index (χ3v) is 5.30. The van der Waals surface area contributed by atoms with Gasteiger partial charge < -0.3 is 25.3 Å². The Morgan fingerprint density at radius 1 is 1.12 bits per heavy atom. The molecule has 0 aliphatic heterocycles. The van der Waals surface area contributed by atoms with Crippen molar-refractivity contribution in [3.05, 3.63) is 35.9 Å². The Morgan fingerprint density at radius 2 is 1.81 bits per heavy atom. The SMILES string of the molecule is CCC[C@@](C=O)(NC(=O)CCCCCc1ccccc1)[C@H](CO)CNC(=O)OC(C)(C)C. The molecule has 0 saturated carbocycles. The normalized spacial score (nSPS) is 14.2. The Kier molecular flexibility index (Phi) is 12.0. The van der Waals surface area contributed by atoms with E-state index in [1.165, 1.54) is 5.56 Å². The Labute approximate surface area is 192 Å². The summed E-state index contributed by atoms with van der Waals surface area (Å²) < 4.78 is 5.22. The van der Waals surface area contributed by atoms with E-state index in [1.807, 2.05) is 25.1 Å². The van der Waals surface area contributed by atoms with Crippen molar-refractivity contribution < 1.29 is 24.2 Å². The maximum absolute atomic E-state index is 12.6. The monoisotopic (exact) mass is 448 g/mol. The van der Waals surface area contributed by atoms with Gasteiger partial charge in [0.2, 0.25) is 5.91 Å². The molecule has 2 atom stereocenters. The van der Waals surface area contributed by atoms with Crippen LogP contribution in [0, 0.1) is 5.92 Å². The number of alkyl carbamates (subject to hydrolysis) is 1. The van der Waals surface area contributed by atoms with Crippen LogP contribution in [0.4, 0.5) is 4.79 Å². The maximum atomic E-state index is 12.6. The number of aryl methyl sites for hydroxylation is 1. The van der Waals surface area contributed by atoms with Crippen LogP contribution in [-0.2, 0) is 20.7 Å². The van der Waals surface area contributed by atoms with Crippen LogP contribution in [0.15, 0.2) is 30.3 Å². The molecule has 0 aromatic heterocycles. The fourth-order valence-corrected chi connectivity index (χ4v) is 3.66. The van der Waals surface area contributed by atoms with E-state index in [1.54, 1.807) is 20.8 Å². The molecule has 0 aliphatic carbocycles. The van der Waals surface area contributed by atoms with Gasteiger partial charge in [0, 0.05) is 18.9 Å². The Hall–Kier alpha value is -2.41. The van der Waals surface area contributed by atoms with Gasteiger partial charge in [-0.1, -0.05) is 50.1 Å². The van der Waals surface area contributed by atoms with Gasteiger partial charge in [-0.3, -0.25) is 4.79 Å². The molecule has 7 nitrogen and oxygen atoms in total. The highest BCUT2D eigenvalue weighted by Gasteiger charge is 2.39. The second-order valence-corrected chi connectivity index (χ2v) is 9.26. The van der Waals surface area contributed by atoms with Gasteiger partial charge in [0.05, 0.1) is 6.61 Å². The van der Waals surface area contributed by atoms with Crippen molar-refractivity contribution in [2.75, 3.05) is 13.2 Å². The zero-order valence-electron chi connectivity index (χ0n) is 20.0. The lowest BCUT2D eigenvalue weighted by Crippen LogP contribution is -2.59. The lowest BCUT2D eigenvalue weighted by Gasteiger charge is -2.36. The van der Waals surface area contributed by atoms with Crippen molar-refractivity contribution in [1.29, 1.82) is 0 Å². The minimum absolute atomic E-state index is 0.0154. The summed E-state index contributed by atoms with van der Waals surface area (Å²) in [5.74, 6) is -0.879. The van der Waals surface area contributed by atoms with Crippen LogP contribution < -0.4 is 10.6 Å². The molecule has 1 aromatic carbocycles. The number of nitrogens with one attached hydrogen (secondary N) is 2. The molecule has 2 amide bonds. The third-order valence-electron chi connectivity index (χ3n) is 5.30. The van der Waals surface area contributed by atoms with Crippen LogP contribution in [0.1, 0.15) is 71.8 Å². The van der Waals surface area contributed by atoms with E-state index in [-0.39, 0.29) is 19.1 Å². The zero-order valence-corrected chi connectivity index (χ0v) is 20.0. The number of hydrogen-bond donors (Lipinski definition) is 3. The van der Waals surface area contributed by atoms with Crippen molar-refractivity contribution in [2.45, 2.75) is 83.8 Å². The number of unbranched alkanes of at least 4 members (excludes halogenated alkanes) is 2. The van der Waals surface area contributed by atoms with E-state index in [4.69, 9.17) is 4.74 Å². The molecule has 1 rings (SSSR count). The summed E-state index contributed by atoms with van der Waals surface area (Å²) in [7, 11) is 0. The first-order valence-electron chi connectivity index (χ1n) is 11.5. The van der Waals surface area contributed by atoms with Crippen molar-refractivity contribution >= 4 is 18.3 Å². The number of benzene rings is 1. The van der Waals surface area contributed by atoms with Crippen molar-refractivity contribution in [2.24, 2.45) is 5.92 Å². The first kappa shape index (κ1) is 27.6. The standard InChI is InChI=1S/C25H40N2O5/c1-5-16-25(19-29,21(18-28)17-26-23(31)32-24(2,3)4)27-22(30)15-11-7-10-14-20-12-8-6-9-13-20/h6,8-9,12-13,19,21,28H,5,7,10-11,14-18H2,1-4H3,(H,26,31)(H,27,30)/t21-,25-/m0/s1. The minimum Gasteiger partial charge on any atom is -0.444 e. The number of aldehydes is 1. The molecule has 0 radical (unpaired) electrons. The Balaban J connectivity index is 2.60. The van der Waals surface area contributed by atoms with Gasteiger partial charge in [-0.15, -0.1) is 0 Å². The molecule has 1 aromatic rings. The molecule has 0 spiro atoms. The van der Waals surface area contributed by atoms with Gasteiger partial charge >= 0.3 is 6.09 Å². The number of rotatable bonds is 14. The molecule has 0 bridgehead atoms. The molecular weight excluding hydrogens is 408 g/mol. The summed E-state index contributed by atoms with van der Waals surface area (Å²) in [5, 5.41) is 15.4. The molecule has 180 valence electrons. The topological polar surface area (TPSA) is 105 Å². The Bertz CT molecular complexity index is 702. The summed E-state index contributed by atoms with van der Waals surface area (Å²) in [6.45, 7) is 6.83. The van der Waals surface area contributed by atoms with Gasteiger partial charge in [0.15, 0.2) is 0 Å². The molecule has 0 aliphatic rings. The molecule has 3 N–H and O–H groups in total. The first-order valence-corrected chi connectivity index (χ1v) is 11.5. The number of carbonyl (C=O) groups excluding carboxylic acids is 3. The van der Waals surface area contributed by atoms with Crippen molar-refractivity contribution in [3.63, 3.8) is 0 Å². The molecular formula is C25H40N2O5. The van der Waals surface area contributed by atoms with Crippen LogP contribution in [0.3, 0.4) is 0 Å². The van der Waals surface area contributed by atoms with E-state index in [9.17, 15) is 19.5 Å². The number of carbonyl (C=O) groups is 3. The quantitative estimate of drug-likeness (QED) is 0.297. The van der Waals surface area contributed by atoms with Crippen LogP contribution >= 0.6 is 0 Å². The number of amides is 2. The summed E-state index contributed by atoms with van der Waals surface area (Å²) in [6, 6.07) is 10.2. The van der Waals surface area contributed by atoms with Crippen LogP contribution in [0.2, 0.25) is 0 Å². The summed E-state index contributed by atoms with van der Waals surface area (Å²) in [5.41, 5.74) is -0.610. The van der Waals surface area contributed by atoms with Crippen molar-refractivity contribution in [1.82, 2.24) is 10.6 Å². The van der Waals surface area contributed by atoms with E-state index in [0.29, 0.717) is 25.5 Å². The predicted octanol–water partition coefficient (Wildman–Crippen LogP) is 3.78. The highest BCUT2D eigenvalue weighted by Crippen LogP contribution is 2.22. The maximum Gasteiger partial charge on any atom is 0.407 e. The van der Waals surface area contributed by atoms with Crippen LogP contribution in [0.25, 0.3) is 0 Å². The lowest BCUT2D eigenvalue weighted by molar-refractivity contribution is -0.129. The molecule has 0 saturated heterocycles. The van der Waals surface area contributed by atoms with Gasteiger partial charge in [0.25, 0.3) is 0 Å².